The molecule has 2 aromatic rings. The summed E-state index contributed by atoms with van der Waals surface area (Å²) in [6, 6.07) is 10.2. The minimum Gasteiger partial charge on any atom is -0.360 e. The van der Waals surface area contributed by atoms with E-state index in [0.717, 1.165) is 29.2 Å². The summed E-state index contributed by atoms with van der Waals surface area (Å²) in [7, 11) is 0. The first-order valence-corrected chi connectivity index (χ1v) is 7.77. The Morgan fingerprint density at radius 1 is 1.17 bits per heavy atom. The largest absolute Gasteiger partial charge is 0.360 e. The van der Waals surface area contributed by atoms with Gasteiger partial charge in [0.25, 0.3) is 0 Å². The smallest absolute Gasteiger partial charge is 0.239 e. The van der Waals surface area contributed by atoms with Crippen LogP contribution in [0.5, 0.6) is 0 Å². The van der Waals surface area contributed by atoms with Gasteiger partial charge in [-0.15, -0.1) is 0 Å². The highest BCUT2D eigenvalue weighted by molar-refractivity contribution is 5.82. The van der Waals surface area contributed by atoms with Crippen LogP contribution in [0, 0.1) is 13.8 Å². The maximum Gasteiger partial charge on any atom is 0.239 e. The lowest BCUT2D eigenvalue weighted by atomic mass is 10.2. The van der Waals surface area contributed by atoms with E-state index in [1.54, 1.807) is 0 Å². The quantitative estimate of drug-likeness (QED) is 0.898. The number of aromatic nitrogens is 2. The van der Waals surface area contributed by atoms with Crippen LogP contribution in [0.1, 0.15) is 17.0 Å². The maximum absolute atomic E-state index is 11.5. The molecule has 1 fully saturated rings. The number of amides is 1. The molecule has 3 rings (SSSR count). The summed E-state index contributed by atoms with van der Waals surface area (Å²) in [4.78, 5) is 22.3. The minimum atomic E-state index is 0.0777. The van der Waals surface area contributed by atoms with E-state index in [1.165, 1.54) is 0 Å². The fraction of sp³-hybridized carbons (Fsp3) is 0.353. The van der Waals surface area contributed by atoms with Crippen LogP contribution in [-0.2, 0) is 11.3 Å². The first-order chi connectivity index (χ1) is 11.1. The zero-order valence-corrected chi connectivity index (χ0v) is 13.5. The van der Waals surface area contributed by atoms with Crippen LogP contribution >= 0.6 is 0 Å². The minimum absolute atomic E-state index is 0.0777. The van der Waals surface area contributed by atoms with E-state index < -0.39 is 0 Å². The van der Waals surface area contributed by atoms with Crippen LogP contribution in [0.4, 0.5) is 11.6 Å². The summed E-state index contributed by atoms with van der Waals surface area (Å²) in [6.07, 6.45) is 0. The van der Waals surface area contributed by atoms with Crippen molar-refractivity contribution in [2.24, 2.45) is 0 Å². The number of piperazine rings is 1. The van der Waals surface area contributed by atoms with Gasteiger partial charge in [-0.25, -0.2) is 9.97 Å². The van der Waals surface area contributed by atoms with E-state index in [1.807, 2.05) is 19.9 Å². The molecule has 0 spiro atoms. The molecule has 1 amide bonds. The predicted molar refractivity (Wildman–Crippen MR) is 90.5 cm³/mol. The molecule has 2 N–H and O–H groups in total. The fourth-order valence-electron chi connectivity index (χ4n) is 2.67. The van der Waals surface area contributed by atoms with Gasteiger partial charge in [0.1, 0.15) is 0 Å². The molecule has 2 heterocycles. The Morgan fingerprint density at radius 3 is 2.52 bits per heavy atom. The molecule has 1 aromatic carbocycles. The Balaban J connectivity index is 1.62. The van der Waals surface area contributed by atoms with Crippen molar-refractivity contribution in [2.45, 2.75) is 20.4 Å². The number of rotatable bonds is 4. The molecular weight excluding hydrogens is 290 g/mol. The van der Waals surface area contributed by atoms with Gasteiger partial charge >= 0.3 is 0 Å². The van der Waals surface area contributed by atoms with Crippen molar-refractivity contribution in [3.63, 3.8) is 0 Å². The van der Waals surface area contributed by atoms with Crippen LogP contribution in [0.2, 0.25) is 0 Å². The molecule has 1 aliphatic rings. The first-order valence-electron chi connectivity index (χ1n) is 7.77. The summed E-state index contributed by atoms with van der Waals surface area (Å²) in [6.45, 7) is 6.57. The van der Waals surface area contributed by atoms with E-state index in [2.05, 4.69) is 49.8 Å². The highest BCUT2D eigenvalue weighted by Crippen LogP contribution is 2.16. The standard InChI is InChI=1S/C17H21N5O/c1-12-9-13(2)21-17(20-12)19-10-14-3-5-15(6-4-14)22-8-7-18-16(23)11-22/h3-6,9H,7-8,10-11H2,1-2H3,(H,18,23)(H,19,20,21). The monoisotopic (exact) mass is 311 g/mol. The Bertz CT molecular complexity index is 678. The second kappa shape index (κ2) is 6.64. The third kappa shape index (κ3) is 3.97. The van der Waals surface area contributed by atoms with Crippen molar-refractivity contribution in [1.82, 2.24) is 15.3 Å². The lowest BCUT2D eigenvalue weighted by molar-refractivity contribution is -0.120. The third-order valence-corrected chi connectivity index (χ3v) is 3.77. The van der Waals surface area contributed by atoms with Gasteiger partial charge in [-0.3, -0.25) is 4.79 Å². The van der Waals surface area contributed by atoms with Crippen molar-refractivity contribution < 1.29 is 4.79 Å². The van der Waals surface area contributed by atoms with E-state index in [-0.39, 0.29) is 5.91 Å². The molecule has 0 radical (unpaired) electrons. The Hall–Kier alpha value is -2.63. The average molecular weight is 311 g/mol. The maximum atomic E-state index is 11.5. The summed E-state index contributed by atoms with van der Waals surface area (Å²) in [5, 5.41) is 6.08. The normalized spacial score (nSPS) is 14.5. The van der Waals surface area contributed by atoms with Crippen molar-refractivity contribution in [3.8, 4) is 0 Å². The van der Waals surface area contributed by atoms with Gasteiger partial charge in [0.05, 0.1) is 6.54 Å². The fourth-order valence-corrected chi connectivity index (χ4v) is 2.67. The summed E-state index contributed by atoms with van der Waals surface area (Å²) in [5.41, 5.74) is 4.14. The van der Waals surface area contributed by atoms with Crippen molar-refractivity contribution in [3.05, 3.63) is 47.3 Å². The van der Waals surface area contributed by atoms with Gasteiger partial charge in [0.2, 0.25) is 11.9 Å². The van der Waals surface area contributed by atoms with E-state index >= 15 is 0 Å². The van der Waals surface area contributed by atoms with E-state index in [4.69, 9.17) is 0 Å². The van der Waals surface area contributed by atoms with Crippen LogP contribution in [-0.4, -0.2) is 35.5 Å². The molecule has 1 aliphatic heterocycles. The molecule has 23 heavy (non-hydrogen) atoms. The number of hydrogen-bond acceptors (Lipinski definition) is 5. The average Bonchev–Trinajstić information content (AvgIpc) is 2.52. The van der Waals surface area contributed by atoms with Gasteiger partial charge in [0.15, 0.2) is 0 Å². The number of benzene rings is 1. The van der Waals surface area contributed by atoms with Crippen LogP contribution in [0.3, 0.4) is 0 Å². The van der Waals surface area contributed by atoms with Gasteiger partial charge < -0.3 is 15.5 Å². The second-order valence-electron chi connectivity index (χ2n) is 5.77. The molecule has 6 nitrogen and oxygen atoms in total. The molecule has 0 saturated carbocycles. The Labute approximate surface area is 135 Å². The highest BCUT2D eigenvalue weighted by Gasteiger charge is 2.16. The van der Waals surface area contributed by atoms with Crippen LogP contribution in [0.25, 0.3) is 0 Å². The predicted octanol–water partition coefficient (Wildman–Crippen LogP) is 1.64. The molecule has 0 bridgehead atoms. The number of nitrogens with one attached hydrogen (secondary N) is 2. The van der Waals surface area contributed by atoms with Crippen molar-refractivity contribution in [2.75, 3.05) is 29.9 Å². The number of carbonyl (C=O) groups is 1. The number of aryl methyl sites for hydroxylation is 2. The molecule has 0 unspecified atom stereocenters. The SMILES string of the molecule is Cc1cc(C)nc(NCc2ccc(N3CCNC(=O)C3)cc2)n1. The molecule has 1 aromatic heterocycles. The molecule has 0 aliphatic carbocycles. The topological polar surface area (TPSA) is 70.2 Å². The lowest BCUT2D eigenvalue weighted by Crippen LogP contribution is -2.47. The number of carbonyl (C=O) groups excluding carboxylic acids is 1. The molecule has 1 saturated heterocycles. The van der Waals surface area contributed by atoms with Gasteiger partial charge in [0, 0.05) is 36.7 Å². The van der Waals surface area contributed by atoms with Crippen molar-refractivity contribution >= 4 is 17.5 Å². The second-order valence-corrected chi connectivity index (χ2v) is 5.77. The Morgan fingerprint density at radius 2 is 1.87 bits per heavy atom. The Kier molecular flexibility index (Phi) is 4.41. The zero-order chi connectivity index (χ0) is 16.2. The summed E-state index contributed by atoms with van der Waals surface area (Å²) in [5.74, 6) is 0.730. The highest BCUT2D eigenvalue weighted by atomic mass is 16.2. The summed E-state index contributed by atoms with van der Waals surface area (Å²) < 4.78 is 0. The van der Waals surface area contributed by atoms with Crippen molar-refractivity contribution in [1.29, 1.82) is 0 Å². The van der Waals surface area contributed by atoms with Gasteiger partial charge in [-0.05, 0) is 37.6 Å². The molecule has 0 atom stereocenters. The van der Waals surface area contributed by atoms with Crippen LogP contribution < -0.4 is 15.5 Å². The van der Waals surface area contributed by atoms with Crippen LogP contribution in [0.15, 0.2) is 30.3 Å². The number of hydrogen-bond donors (Lipinski definition) is 2. The molecule has 6 heteroatoms. The first kappa shape index (κ1) is 15.3. The van der Waals surface area contributed by atoms with Gasteiger partial charge in [-0.1, -0.05) is 12.1 Å². The van der Waals surface area contributed by atoms with E-state index in [9.17, 15) is 4.79 Å². The number of anilines is 2. The van der Waals surface area contributed by atoms with E-state index in [0.29, 0.717) is 25.6 Å². The van der Waals surface area contributed by atoms with Gasteiger partial charge in [-0.2, -0.15) is 0 Å². The number of nitrogens with zero attached hydrogens (tertiary/aromatic N) is 3. The molecule has 120 valence electrons. The zero-order valence-electron chi connectivity index (χ0n) is 13.5. The third-order valence-electron chi connectivity index (χ3n) is 3.77. The molecular formula is C17H21N5O. The summed E-state index contributed by atoms with van der Waals surface area (Å²) >= 11 is 0. The lowest BCUT2D eigenvalue weighted by Gasteiger charge is -2.28.